The van der Waals surface area contributed by atoms with Gasteiger partial charge in [0.2, 0.25) is 0 Å². The van der Waals surface area contributed by atoms with E-state index in [1.165, 1.54) is 19.2 Å². The van der Waals surface area contributed by atoms with Gasteiger partial charge in [0, 0.05) is 18.4 Å². The third kappa shape index (κ3) is 7.21. The molecule has 0 aromatic heterocycles. The molecule has 0 saturated carbocycles. The van der Waals surface area contributed by atoms with Crippen LogP contribution in [0.2, 0.25) is 0 Å². The van der Waals surface area contributed by atoms with Crippen LogP contribution in [0, 0.1) is 5.92 Å². The Balaban J connectivity index is 2.90. The predicted octanol–water partition coefficient (Wildman–Crippen LogP) is 5.59. The first-order valence-electron chi connectivity index (χ1n) is 9.91. The van der Waals surface area contributed by atoms with E-state index >= 15 is 0 Å². The van der Waals surface area contributed by atoms with Crippen molar-refractivity contribution in [2.75, 3.05) is 14.2 Å². The molecule has 0 heterocycles. The standard InChI is InChI=1S/C22H32F2O4/c1-5-7-8-16(6-2)17-9-12-19(13-10-17)22(23,24)15-18(21(26)28-4)11-14-20(25)27-3/h9-10,12-13,16,18H,5-8,11,14-15H2,1-4H3. The van der Waals surface area contributed by atoms with E-state index in [2.05, 4.69) is 23.3 Å². The molecule has 158 valence electrons. The lowest BCUT2D eigenvalue weighted by atomic mass is 9.88. The van der Waals surface area contributed by atoms with Gasteiger partial charge >= 0.3 is 11.9 Å². The van der Waals surface area contributed by atoms with Crippen LogP contribution in [0.3, 0.4) is 0 Å². The van der Waals surface area contributed by atoms with E-state index in [0.717, 1.165) is 38.4 Å². The zero-order valence-corrected chi connectivity index (χ0v) is 17.3. The second-order valence-electron chi connectivity index (χ2n) is 7.11. The Kier molecular flexibility index (Phi) is 10.1. The molecule has 0 bridgehead atoms. The average molecular weight is 398 g/mol. The summed E-state index contributed by atoms with van der Waals surface area (Å²) in [6.07, 6.45) is 3.37. The van der Waals surface area contributed by atoms with Gasteiger partial charge in [-0.2, -0.15) is 0 Å². The van der Waals surface area contributed by atoms with Crippen LogP contribution in [0.25, 0.3) is 0 Å². The van der Waals surface area contributed by atoms with E-state index in [1.807, 2.05) is 0 Å². The molecule has 6 heteroatoms. The largest absolute Gasteiger partial charge is 0.469 e. The van der Waals surface area contributed by atoms with E-state index < -0.39 is 30.2 Å². The van der Waals surface area contributed by atoms with Crippen molar-refractivity contribution in [1.82, 2.24) is 0 Å². The number of esters is 2. The molecule has 4 nitrogen and oxygen atoms in total. The van der Waals surface area contributed by atoms with Gasteiger partial charge in [0.25, 0.3) is 5.92 Å². The number of halogens is 2. The molecule has 1 rings (SSSR count). The van der Waals surface area contributed by atoms with Crippen molar-refractivity contribution in [1.29, 1.82) is 0 Å². The van der Waals surface area contributed by atoms with E-state index in [1.54, 1.807) is 12.1 Å². The third-order valence-electron chi connectivity index (χ3n) is 5.17. The van der Waals surface area contributed by atoms with Gasteiger partial charge in [-0.15, -0.1) is 0 Å². The molecule has 0 aliphatic heterocycles. The molecule has 0 aliphatic rings. The van der Waals surface area contributed by atoms with E-state index in [-0.39, 0.29) is 18.4 Å². The summed E-state index contributed by atoms with van der Waals surface area (Å²) in [5, 5.41) is 0. The summed E-state index contributed by atoms with van der Waals surface area (Å²) in [4.78, 5) is 23.2. The van der Waals surface area contributed by atoms with E-state index in [9.17, 15) is 18.4 Å². The fraction of sp³-hybridized carbons (Fsp3) is 0.636. The number of unbranched alkanes of at least 4 members (excludes halogenated alkanes) is 1. The number of benzene rings is 1. The van der Waals surface area contributed by atoms with Crippen molar-refractivity contribution < 1.29 is 27.8 Å². The topological polar surface area (TPSA) is 52.6 Å². The summed E-state index contributed by atoms with van der Waals surface area (Å²) in [6.45, 7) is 4.24. The monoisotopic (exact) mass is 398 g/mol. The Hall–Kier alpha value is -1.98. The molecule has 0 amide bonds. The van der Waals surface area contributed by atoms with Crippen LogP contribution < -0.4 is 0 Å². The summed E-state index contributed by atoms with van der Waals surface area (Å²) in [7, 11) is 2.37. The highest BCUT2D eigenvalue weighted by Crippen LogP contribution is 2.37. The molecule has 28 heavy (non-hydrogen) atoms. The zero-order chi connectivity index (χ0) is 21.2. The second kappa shape index (κ2) is 11.8. The highest BCUT2D eigenvalue weighted by Gasteiger charge is 2.38. The smallest absolute Gasteiger partial charge is 0.308 e. The van der Waals surface area contributed by atoms with Gasteiger partial charge in [0.05, 0.1) is 20.1 Å². The first kappa shape index (κ1) is 24.1. The molecular weight excluding hydrogens is 366 g/mol. The molecule has 0 N–H and O–H groups in total. The lowest BCUT2D eigenvalue weighted by Gasteiger charge is -2.23. The normalized spacial score (nSPS) is 13.6. The summed E-state index contributed by atoms with van der Waals surface area (Å²) in [6, 6.07) is 6.40. The maximum atomic E-state index is 14.8. The average Bonchev–Trinajstić information content (AvgIpc) is 2.71. The van der Waals surface area contributed by atoms with Crippen molar-refractivity contribution in [2.45, 2.75) is 70.6 Å². The Morgan fingerprint density at radius 3 is 2.18 bits per heavy atom. The van der Waals surface area contributed by atoms with Crippen LogP contribution >= 0.6 is 0 Å². The van der Waals surface area contributed by atoms with Gasteiger partial charge in [-0.1, -0.05) is 51.0 Å². The number of ether oxygens (including phenoxy) is 2. The molecule has 1 aromatic carbocycles. The minimum Gasteiger partial charge on any atom is -0.469 e. The number of hydrogen-bond donors (Lipinski definition) is 0. The second-order valence-corrected chi connectivity index (χ2v) is 7.11. The van der Waals surface area contributed by atoms with Crippen LogP contribution in [0.15, 0.2) is 24.3 Å². The summed E-state index contributed by atoms with van der Waals surface area (Å²) in [5.41, 5.74) is 0.930. The van der Waals surface area contributed by atoms with Gasteiger partial charge in [0.15, 0.2) is 0 Å². The van der Waals surface area contributed by atoms with Gasteiger partial charge in [-0.05, 0) is 30.7 Å². The Labute approximate surface area is 166 Å². The number of carbonyl (C=O) groups is 2. The molecule has 0 aliphatic carbocycles. The van der Waals surface area contributed by atoms with Gasteiger partial charge < -0.3 is 9.47 Å². The first-order valence-corrected chi connectivity index (χ1v) is 9.91. The SMILES string of the molecule is CCCCC(CC)c1ccc(C(F)(F)CC(CCC(=O)OC)C(=O)OC)cc1. The molecule has 2 unspecified atom stereocenters. The van der Waals surface area contributed by atoms with Crippen LogP contribution in [0.4, 0.5) is 8.78 Å². The molecule has 1 aromatic rings. The highest BCUT2D eigenvalue weighted by atomic mass is 19.3. The third-order valence-corrected chi connectivity index (χ3v) is 5.17. The Bertz CT molecular complexity index is 613. The minimum atomic E-state index is -3.20. The Morgan fingerprint density at radius 2 is 1.68 bits per heavy atom. The quantitative estimate of drug-likeness (QED) is 0.430. The number of rotatable bonds is 12. The molecule has 0 spiro atoms. The lowest BCUT2D eigenvalue weighted by molar-refractivity contribution is -0.151. The fourth-order valence-corrected chi connectivity index (χ4v) is 3.35. The number of alkyl halides is 2. The lowest BCUT2D eigenvalue weighted by Crippen LogP contribution is -2.26. The predicted molar refractivity (Wildman–Crippen MR) is 104 cm³/mol. The molecular formula is C22H32F2O4. The first-order chi connectivity index (χ1) is 13.3. The Morgan fingerprint density at radius 1 is 1.04 bits per heavy atom. The van der Waals surface area contributed by atoms with E-state index in [0.29, 0.717) is 5.92 Å². The molecule has 0 fully saturated rings. The van der Waals surface area contributed by atoms with Gasteiger partial charge in [-0.25, -0.2) is 8.78 Å². The molecule has 0 saturated heterocycles. The van der Waals surface area contributed by atoms with Gasteiger partial charge in [-0.3, -0.25) is 9.59 Å². The van der Waals surface area contributed by atoms with Crippen LogP contribution in [-0.2, 0) is 25.0 Å². The molecule has 0 radical (unpaired) electrons. The highest BCUT2D eigenvalue weighted by molar-refractivity contribution is 5.74. The van der Waals surface area contributed by atoms with Crippen LogP contribution in [-0.4, -0.2) is 26.2 Å². The van der Waals surface area contributed by atoms with Crippen molar-refractivity contribution in [3.63, 3.8) is 0 Å². The number of carbonyl (C=O) groups excluding carboxylic acids is 2. The van der Waals surface area contributed by atoms with Crippen molar-refractivity contribution in [2.24, 2.45) is 5.92 Å². The number of hydrogen-bond acceptors (Lipinski definition) is 4. The van der Waals surface area contributed by atoms with Crippen LogP contribution in [0.1, 0.15) is 75.8 Å². The van der Waals surface area contributed by atoms with Gasteiger partial charge in [0.1, 0.15) is 0 Å². The summed E-state index contributed by atoms with van der Waals surface area (Å²) in [5.74, 6) is -5.19. The zero-order valence-electron chi connectivity index (χ0n) is 17.3. The number of methoxy groups -OCH3 is 2. The maximum Gasteiger partial charge on any atom is 0.308 e. The van der Waals surface area contributed by atoms with Crippen molar-refractivity contribution in [3.05, 3.63) is 35.4 Å². The fourth-order valence-electron chi connectivity index (χ4n) is 3.35. The van der Waals surface area contributed by atoms with Crippen molar-refractivity contribution in [3.8, 4) is 0 Å². The summed E-state index contributed by atoms with van der Waals surface area (Å²) >= 11 is 0. The minimum absolute atomic E-state index is 0.0397. The van der Waals surface area contributed by atoms with Crippen LogP contribution in [0.5, 0.6) is 0 Å². The summed E-state index contributed by atoms with van der Waals surface area (Å²) < 4.78 is 38.8. The maximum absolute atomic E-state index is 14.8. The molecule has 2 atom stereocenters. The van der Waals surface area contributed by atoms with E-state index in [4.69, 9.17) is 0 Å². The van der Waals surface area contributed by atoms with Crippen molar-refractivity contribution >= 4 is 11.9 Å².